The van der Waals surface area contributed by atoms with Gasteiger partial charge in [0.1, 0.15) is 5.82 Å². The minimum Gasteiger partial charge on any atom is -0.390 e. The summed E-state index contributed by atoms with van der Waals surface area (Å²) in [6.45, 7) is 6.87. The molecule has 2 aromatic carbocycles. The number of halogens is 2. The van der Waals surface area contributed by atoms with E-state index in [-0.39, 0.29) is 17.8 Å². The molecule has 2 atom stereocenters. The van der Waals surface area contributed by atoms with Gasteiger partial charge in [0.25, 0.3) is 5.91 Å². The number of likely N-dealkylation sites (tertiary alicyclic amines) is 1. The van der Waals surface area contributed by atoms with Crippen molar-refractivity contribution in [3.05, 3.63) is 70.0 Å². The average molecular weight is 432 g/mol. The minimum absolute atomic E-state index is 0.0619. The number of aryl methyl sites for hydroxylation is 1. The Morgan fingerprint density at radius 1 is 1.10 bits per heavy atom. The van der Waals surface area contributed by atoms with E-state index in [1.165, 1.54) is 17.7 Å². The van der Waals surface area contributed by atoms with E-state index in [9.17, 15) is 14.3 Å². The molecule has 30 heavy (non-hydrogen) atoms. The summed E-state index contributed by atoms with van der Waals surface area (Å²) in [6, 6.07) is 12.3. The number of aliphatic hydroxyl groups excluding tert-OH is 1. The fraction of sp³-hybridized carbons (Fsp3) is 0.435. The van der Waals surface area contributed by atoms with Crippen LogP contribution >= 0.6 is 11.6 Å². The molecule has 0 radical (unpaired) electrons. The minimum atomic E-state index is -0.571. The third-order valence-corrected chi connectivity index (χ3v) is 6.40. The molecule has 0 saturated carbocycles. The van der Waals surface area contributed by atoms with Crippen molar-refractivity contribution in [2.45, 2.75) is 25.6 Å². The van der Waals surface area contributed by atoms with Crippen LogP contribution in [0.1, 0.15) is 21.5 Å². The highest BCUT2D eigenvalue weighted by atomic mass is 35.5. The van der Waals surface area contributed by atoms with Crippen LogP contribution in [-0.2, 0) is 6.54 Å². The van der Waals surface area contributed by atoms with E-state index in [1.807, 2.05) is 12.1 Å². The highest BCUT2D eigenvalue weighted by Crippen LogP contribution is 2.22. The largest absolute Gasteiger partial charge is 0.390 e. The SMILES string of the molecule is Cc1cc(C(=O)N2CC(O)[C@@H](N3CCN(Cc4ccc(Cl)cc4)CC3)C2)ccc1F. The lowest BCUT2D eigenvalue weighted by Crippen LogP contribution is -2.53. The highest BCUT2D eigenvalue weighted by molar-refractivity contribution is 6.30. The first-order valence-corrected chi connectivity index (χ1v) is 10.7. The van der Waals surface area contributed by atoms with E-state index in [1.54, 1.807) is 17.9 Å². The Hall–Kier alpha value is -1.99. The summed E-state index contributed by atoms with van der Waals surface area (Å²) in [5, 5.41) is 11.4. The molecule has 2 aliphatic rings. The molecule has 0 bridgehead atoms. The lowest BCUT2D eigenvalue weighted by Gasteiger charge is -2.38. The van der Waals surface area contributed by atoms with Crippen molar-refractivity contribution in [2.24, 2.45) is 0 Å². The third-order valence-electron chi connectivity index (χ3n) is 6.15. The lowest BCUT2D eigenvalue weighted by atomic mass is 10.1. The molecule has 7 heteroatoms. The number of carbonyl (C=O) groups excluding carboxylic acids is 1. The zero-order valence-electron chi connectivity index (χ0n) is 17.1. The van der Waals surface area contributed by atoms with E-state index in [0.717, 1.165) is 37.7 Å². The molecule has 0 spiro atoms. The van der Waals surface area contributed by atoms with Gasteiger partial charge in [0.2, 0.25) is 0 Å². The molecular weight excluding hydrogens is 405 g/mol. The number of nitrogens with zero attached hydrogens (tertiary/aromatic N) is 3. The Morgan fingerprint density at radius 2 is 1.80 bits per heavy atom. The zero-order valence-corrected chi connectivity index (χ0v) is 17.9. The third kappa shape index (κ3) is 4.67. The van der Waals surface area contributed by atoms with Crippen molar-refractivity contribution in [3.8, 4) is 0 Å². The number of piperazine rings is 1. The molecule has 1 N–H and O–H groups in total. The summed E-state index contributed by atoms with van der Waals surface area (Å²) in [5.74, 6) is -0.469. The number of hydrogen-bond donors (Lipinski definition) is 1. The Bertz CT molecular complexity index is 900. The summed E-state index contributed by atoms with van der Waals surface area (Å²) in [4.78, 5) is 19.2. The summed E-state index contributed by atoms with van der Waals surface area (Å²) in [6.07, 6.45) is -0.571. The topological polar surface area (TPSA) is 47.0 Å². The molecule has 2 aliphatic heterocycles. The molecule has 0 aromatic heterocycles. The number of benzene rings is 2. The molecule has 1 amide bonds. The van der Waals surface area contributed by atoms with Crippen LogP contribution in [0, 0.1) is 12.7 Å². The molecular formula is C23H27ClFN3O2. The summed E-state index contributed by atoms with van der Waals surface area (Å²) >= 11 is 5.96. The van der Waals surface area contributed by atoms with Crippen LogP contribution in [-0.4, -0.2) is 77.1 Å². The number of aliphatic hydroxyl groups is 1. The second-order valence-electron chi connectivity index (χ2n) is 8.25. The van der Waals surface area contributed by atoms with Gasteiger partial charge in [0.15, 0.2) is 0 Å². The molecule has 160 valence electrons. The zero-order chi connectivity index (χ0) is 21.3. The van der Waals surface area contributed by atoms with Crippen LogP contribution in [0.3, 0.4) is 0 Å². The molecule has 1 unspecified atom stereocenters. The average Bonchev–Trinajstić information content (AvgIpc) is 3.13. The fourth-order valence-electron chi connectivity index (χ4n) is 4.36. The fourth-order valence-corrected chi connectivity index (χ4v) is 4.48. The van der Waals surface area contributed by atoms with Gasteiger partial charge < -0.3 is 10.0 Å². The highest BCUT2D eigenvalue weighted by Gasteiger charge is 2.38. The van der Waals surface area contributed by atoms with Gasteiger partial charge in [0.05, 0.1) is 12.1 Å². The number of hydrogen-bond acceptors (Lipinski definition) is 4. The predicted molar refractivity (Wildman–Crippen MR) is 115 cm³/mol. The quantitative estimate of drug-likeness (QED) is 0.808. The van der Waals surface area contributed by atoms with Crippen LogP contribution in [0.2, 0.25) is 5.02 Å². The molecule has 2 fully saturated rings. The van der Waals surface area contributed by atoms with Gasteiger partial charge in [-0.25, -0.2) is 4.39 Å². The van der Waals surface area contributed by atoms with Crippen LogP contribution < -0.4 is 0 Å². The first kappa shape index (κ1) is 21.2. The van der Waals surface area contributed by atoms with E-state index in [0.29, 0.717) is 24.2 Å². The Labute approximate surface area is 181 Å². The predicted octanol–water partition coefficient (Wildman–Crippen LogP) is 2.79. The van der Waals surface area contributed by atoms with Crippen LogP contribution in [0.5, 0.6) is 0 Å². The van der Waals surface area contributed by atoms with Gasteiger partial charge >= 0.3 is 0 Å². The van der Waals surface area contributed by atoms with Crippen LogP contribution in [0.15, 0.2) is 42.5 Å². The maximum Gasteiger partial charge on any atom is 0.254 e. The molecule has 2 heterocycles. The van der Waals surface area contributed by atoms with Crippen LogP contribution in [0.4, 0.5) is 4.39 Å². The van der Waals surface area contributed by atoms with E-state index < -0.39 is 6.10 Å². The van der Waals surface area contributed by atoms with Gasteiger partial charge in [-0.1, -0.05) is 23.7 Å². The van der Waals surface area contributed by atoms with Gasteiger partial charge in [-0.3, -0.25) is 14.6 Å². The van der Waals surface area contributed by atoms with Gasteiger partial charge in [-0.2, -0.15) is 0 Å². The molecule has 0 aliphatic carbocycles. The van der Waals surface area contributed by atoms with Crippen molar-refractivity contribution in [3.63, 3.8) is 0 Å². The number of β-amino-alcohol motifs (C(OH)–C–C–N with tert-alkyl or cyclic N) is 1. The lowest BCUT2D eigenvalue weighted by molar-refractivity contribution is 0.0423. The summed E-state index contributed by atoms with van der Waals surface area (Å²) < 4.78 is 13.5. The Morgan fingerprint density at radius 3 is 2.47 bits per heavy atom. The second kappa shape index (κ2) is 9.02. The number of rotatable bonds is 4. The first-order valence-electron chi connectivity index (χ1n) is 10.3. The van der Waals surface area contributed by atoms with Gasteiger partial charge in [-0.05, 0) is 48.4 Å². The van der Waals surface area contributed by atoms with E-state index >= 15 is 0 Å². The molecule has 4 rings (SSSR count). The summed E-state index contributed by atoms with van der Waals surface area (Å²) in [5.41, 5.74) is 2.16. The van der Waals surface area contributed by atoms with Gasteiger partial charge in [-0.15, -0.1) is 0 Å². The van der Waals surface area contributed by atoms with Crippen molar-refractivity contribution >= 4 is 17.5 Å². The Balaban J connectivity index is 1.32. The van der Waals surface area contributed by atoms with Crippen molar-refractivity contribution < 1.29 is 14.3 Å². The maximum absolute atomic E-state index is 13.5. The van der Waals surface area contributed by atoms with Crippen molar-refractivity contribution in [2.75, 3.05) is 39.3 Å². The van der Waals surface area contributed by atoms with Gasteiger partial charge in [0, 0.05) is 56.4 Å². The summed E-state index contributed by atoms with van der Waals surface area (Å²) in [7, 11) is 0. The second-order valence-corrected chi connectivity index (χ2v) is 8.68. The normalized spacial score (nSPS) is 23.1. The standard InChI is InChI=1S/C23H27ClFN3O2/c1-16-12-18(4-7-20(16)25)23(30)28-14-21(22(29)15-28)27-10-8-26(9-11-27)13-17-2-5-19(24)6-3-17/h2-7,12,21-22,29H,8-11,13-15H2,1H3/t21-,22?/m0/s1. The van der Waals surface area contributed by atoms with E-state index in [2.05, 4.69) is 21.9 Å². The Kier molecular flexibility index (Phi) is 6.39. The van der Waals surface area contributed by atoms with E-state index in [4.69, 9.17) is 11.6 Å². The number of carbonyl (C=O) groups is 1. The van der Waals surface area contributed by atoms with Crippen molar-refractivity contribution in [1.82, 2.24) is 14.7 Å². The molecule has 2 saturated heterocycles. The molecule has 5 nitrogen and oxygen atoms in total. The smallest absolute Gasteiger partial charge is 0.254 e. The monoisotopic (exact) mass is 431 g/mol. The van der Waals surface area contributed by atoms with Crippen LogP contribution in [0.25, 0.3) is 0 Å². The van der Waals surface area contributed by atoms with Crippen molar-refractivity contribution in [1.29, 1.82) is 0 Å². The first-order chi connectivity index (χ1) is 14.4. The molecule has 2 aromatic rings. The number of amides is 1. The maximum atomic E-state index is 13.5.